The first-order valence-corrected chi connectivity index (χ1v) is 6.31. The summed E-state index contributed by atoms with van der Waals surface area (Å²) >= 11 is 0. The van der Waals surface area contributed by atoms with Crippen molar-refractivity contribution < 1.29 is 13.9 Å². The summed E-state index contributed by atoms with van der Waals surface area (Å²) in [5, 5.41) is 3.17. The molecular weight excluding hydrogens is 259 g/mol. The van der Waals surface area contributed by atoms with E-state index in [4.69, 9.17) is 4.74 Å². The molecule has 4 nitrogen and oxygen atoms in total. The lowest BCUT2D eigenvalue weighted by atomic mass is 10.1. The van der Waals surface area contributed by atoms with Gasteiger partial charge in [-0.2, -0.15) is 0 Å². The van der Waals surface area contributed by atoms with E-state index in [1.807, 2.05) is 6.92 Å². The van der Waals surface area contributed by atoms with Crippen molar-refractivity contribution in [1.82, 2.24) is 4.98 Å². The molecule has 0 spiro atoms. The molecule has 0 bridgehead atoms. The van der Waals surface area contributed by atoms with Gasteiger partial charge in [0.25, 0.3) is 0 Å². The fraction of sp³-hybridized carbons (Fsp3) is 0.333. The van der Waals surface area contributed by atoms with Crippen LogP contribution in [-0.4, -0.2) is 16.7 Å². The number of nitrogens with one attached hydrogen (secondary N) is 1. The average Bonchev–Trinajstić information content (AvgIpc) is 2.27. The van der Waals surface area contributed by atoms with Gasteiger partial charge in [-0.05, 0) is 45.9 Å². The highest BCUT2D eigenvalue weighted by molar-refractivity contribution is 5.98. The Morgan fingerprint density at radius 3 is 2.65 bits per heavy atom. The highest BCUT2D eigenvalue weighted by Gasteiger charge is 2.17. The first-order chi connectivity index (χ1) is 9.24. The lowest BCUT2D eigenvalue weighted by molar-refractivity contribution is 0.0636. The molecular formula is C15H17FN2O2. The van der Waals surface area contributed by atoms with Gasteiger partial charge in [0.05, 0.1) is 11.2 Å². The Labute approximate surface area is 117 Å². The minimum absolute atomic E-state index is 0.304. The van der Waals surface area contributed by atoms with Crippen LogP contribution in [0.25, 0.3) is 10.9 Å². The highest BCUT2D eigenvalue weighted by atomic mass is 19.1. The van der Waals surface area contributed by atoms with Crippen molar-refractivity contribution in [2.75, 3.05) is 5.32 Å². The Balaban J connectivity index is 2.38. The van der Waals surface area contributed by atoms with Gasteiger partial charge in [0.15, 0.2) is 0 Å². The zero-order chi connectivity index (χ0) is 14.9. The normalized spacial score (nSPS) is 11.4. The van der Waals surface area contributed by atoms with Crippen molar-refractivity contribution in [1.29, 1.82) is 0 Å². The van der Waals surface area contributed by atoms with Gasteiger partial charge in [-0.25, -0.2) is 9.18 Å². The quantitative estimate of drug-likeness (QED) is 0.855. The second-order valence-electron chi connectivity index (χ2n) is 5.60. The van der Waals surface area contributed by atoms with E-state index in [0.717, 1.165) is 5.69 Å². The number of pyridine rings is 1. The number of carbonyl (C=O) groups is 1. The number of hydrogen-bond donors (Lipinski definition) is 1. The summed E-state index contributed by atoms with van der Waals surface area (Å²) in [5.41, 5.74) is 1.02. The van der Waals surface area contributed by atoms with Crippen LogP contribution in [0.3, 0.4) is 0 Å². The molecule has 0 saturated heterocycles. The van der Waals surface area contributed by atoms with Gasteiger partial charge in [0.1, 0.15) is 11.4 Å². The Hall–Kier alpha value is -2.17. The number of benzene rings is 1. The highest BCUT2D eigenvalue weighted by Crippen LogP contribution is 2.24. The average molecular weight is 276 g/mol. The smallest absolute Gasteiger partial charge is 0.412 e. The van der Waals surface area contributed by atoms with Gasteiger partial charge in [-0.1, -0.05) is 6.07 Å². The molecule has 0 radical (unpaired) electrons. The number of aromatic nitrogens is 1. The molecule has 1 heterocycles. The predicted molar refractivity (Wildman–Crippen MR) is 76.3 cm³/mol. The standard InChI is InChI=1S/C15H17FN2O2/c1-9-5-6-10-7-11(16)8-12(13(10)17-9)18-14(19)20-15(2,3)4/h5-8H,1-4H3,(H,18,19). The van der Waals surface area contributed by atoms with Crippen molar-refractivity contribution in [3.05, 3.63) is 35.8 Å². The summed E-state index contributed by atoms with van der Waals surface area (Å²) in [6.07, 6.45) is -0.632. The number of nitrogens with zero attached hydrogens (tertiary/aromatic N) is 1. The maximum absolute atomic E-state index is 13.6. The second kappa shape index (κ2) is 5.07. The summed E-state index contributed by atoms with van der Waals surface area (Å²) in [6, 6.07) is 6.17. The maximum Gasteiger partial charge on any atom is 0.412 e. The van der Waals surface area contributed by atoms with E-state index in [1.54, 1.807) is 32.9 Å². The first-order valence-electron chi connectivity index (χ1n) is 6.31. The number of halogens is 1. The van der Waals surface area contributed by atoms with Crippen LogP contribution < -0.4 is 5.32 Å². The van der Waals surface area contributed by atoms with Crippen LogP contribution in [0.5, 0.6) is 0 Å². The molecule has 0 saturated carbocycles. The van der Waals surface area contributed by atoms with E-state index >= 15 is 0 Å². The van der Waals surface area contributed by atoms with Crippen molar-refractivity contribution in [3.63, 3.8) is 0 Å². The zero-order valence-corrected chi connectivity index (χ0v) is 12.0. The number of aryl methyl sites for hydroxylation is 1. The van der Waals surface area contributed by atoms with E-state index in [0.29, 0.717) is 16.6 Å². The summed E-state index contributed by atoms with van der Waals surface area (Å²) in [7, 11) is 0. The topological polar surface area (TPSA) is 51.2 Å². The second-order valence-corrected chi connectivity index (χ2v) is 5.60. The molecule has 0 aliphatic carbocycles. The van der Waals surface area contributed by atoms with Crippen LogP contribution in [0, 0.1) is 12.7 Å². The number of hydrogen-bond acceptors (Lipinski definition) is 3. The molecule has 1 aromatic heterocycles. The van der Waals surface area contributed by atoms with Crippen LogP contribution in [-0.2, 0) is 4.74 Å². The van der Waals surface area contributed by atoms with Crippen LogP contribution in [0.1, 0.15) is 26.5 Å². The van der Waals surface area contributed by atoms with E-state index in [9.17, 15) is 9.18 Å². The SMILES string of the molecule is Cc1ccc2cc(F)cc(NC(=O)OC(C)(C)C)c2n1. The maximum atomic E-state index is 13.6. The third-order valence-corrected chi connectivity index (χ3v) is 2.53. The Bertz CT molecular complexity index is 663. The predicted octanol–water partition coefficient (Wildman–Crippen LogP) is 4.03. The van der Waals surface area contributed by atoms with Gasteiger partial charge in [-0.3, -0.25) is 10.3 Å². The molecule has 0 unspecified atom stereocenters. The summed E-state index contributed by atoms with van der Waals surface area (Å²) in [6.45, 7) is 7.12. The molecule has 0 aliphatic rings. The fourth-order valence-electron chi connectivity index (χ4n) is 1.81. The van der Waals surface area contributed by atoms with Crippen LogP contribution >= 0.6 is 0 Å². The van der Waals surface area contributed by atoms with Crippen molar-refractivity contribution in [3.8, 4) is 0 Å². The summed E-state index contributed by atoms with van der Waals surface area (Å²) < 4.78 is 18.7. The fourth-order valence-corrected chi connectivity index (χ4v) is 1.81. The van der Waals surface area contributed by atoms with Gasteiger partial charge in [0, 0.05) is 11.1 Å². The van der Waals surface area contributed by atoms with Crippen molar-refractivity contribution in [2.45, 2.75) is 33.3 Å². The number of fused-ring (bicyclic) bond motifs is 1. The van der Waals surface area contributed by atoms with E-state index in [1.165, 1.54) is 12.1 Å². The largest absolute Gasteiger partial charge is 0.444 e. The number of rotatable bonds is 1. The lowest BCUT2D eigenvalue weighted by Crippen LogP contribution is -2.27. The molecule has 2 rings (SSSR count). The first kappa shape index (κ1) is 14.2. The molecule has 0 atom stereocenters. The van der Waals surface area contributed by atoms with Gasteiger partial charge < -0.3 is 4.74 Å². The molecule has 0 aliphatic heterocycles. The van der Waals surface area contributed by atoms with Gasteiger partial charge in [-0.15, -0.1) is 0 Å². The number of amides is 1. The minimum atomic E-state index is -0.632. The zero-order valence-electron chi connectivity index (χ0n) is 12.0. The van der Waals surface area contributed by atoms with Crippen molar-refractivity contribution in [2.24, 2.45) is 0 Å². The van der Waals surface area contributed by atoms with E-state index < -0.39 is 17.5 Å². The summed E-state index contributed by atoms with van der Waals surface area (Å²) in [4.78, 5) is 16.1. The molecule has 20 heavy (non-hydrogen) atoms. The van der Waals surface area contributed by atoms with Gasteiger partial charge in [0.2, 0.25) is 0 Å². The molecule has 5 heteroatoms. The Kier molecular flexibility index (Phi) is 3.61. The third-order valence-electron chi connectivity index (χ3n) is 2.53. The van der Waals surface area contributed by atoms with E-state index in [2.05, 4.69) is 10.3 Å². The number of ether oxygens (including phenoxy) is 1. The third kappa shape index (κ3) is 3.44. The Morgan fingerprint density at radius 2 is 2.00 bits per heavy atom. The van der Waals surface area contributed by atoms with Crippen LogP contribution in [0.4, 0.5) is 14.9 Å². The number of anilines is 1. The minimum Gasteiger partial charge on any atom is -0.444 e. The van der Waals surface area contributed by atoms with Crippen molar-refractivity contribution >= 4 is 22.7 Å². The number of carbonyl (C=O) groups excluding carboxylic acids is 1. The molecule has 106 valence electrons. The summed E-state index contributed by atoms with van der Waals surface area (Å²) in [5.74, 6) is -0.436. The van der Waals surface area contributed by atoms with Gasteiger partial charge >= 0.3 is 6.09 Å². The van der Waals surface area contributed by atoms with Crippen LogP contribution in [0.15, 0.2) is 24.3 Å². The van der Waals surface area contributed by atoms with Crippen LogP contribution in [0.2, 0.25) is 0 Å². The molecule has 1 amide bonds. The Morgan fingerprint density at radius 1 is 1.30 bits per heavy atom. The monoisotopic (exact) mass is 276 g/mol. The molecule has 0 fully saturated rings. The lowest BCUT2D eigenvalue weighted by Gasteiger charge is -2.20. The molecule has 1 aromatic carbocycles. The molecule has 1 N–H and O–H groups in total. The molecule has 2 aromatic rings. The van der Waals surface area contributed by atoms with E-state index in [-0.39, 0.29) is 0 Å².